The van der Waals surface area contributed by atoms with E-state index < -0.39 is 17.7 Å². The van der Waals surface area contributed by atoms with Gasteiger partial charge in [-0.25, -0.2) is 8.78 Å². The predicted octanol–water partition coefficient (Wildman–Crippen LogP) is 2.77. The van der Waals surface area contributed by atoms with Crippen LogP contribution in [0.15, 0.2) is 12.1 Å². The first-order valence-corrected chi connectivity index (χ1v) is 4.51. The van der Waals surface area contributed by atoms with Gasteiger partial charge in [0.05, 0.1) is 5.56 Å². The number of carbonyl (C=O) groups is 1. The van der Waals surface area contributed by atoms with Crippen molar-refractivity contribution in [3.8, 4) is 5.75 Å². The monoisotopic (exact) mass is 214 g/mol. The van der Waals surface area contributed by atoms with E-state index in [4.69, 9.17) is 0 Å². The number of aryl methyl sites for hydroxylation is 1. The smallest absolute Gasteiger partial charge is 0.267 e. The third kappa shape index (κ3) is 2.75. The molecular formula is C11H12F2O2. The van der Waals surface area contributed by atoms with Crippen LogP contribution in [0.4, 0.5) is 8.78 Å². The van der Waals surface area contributed by atoms with Crippen LogP contribution in [-0.2, 0) is 11.2 Å². The maximum atomic E-state index is 12.5. The van der Waals surface area contributed by atoms with E-state index >= 15 is 0 Å². The first-order valence-electron chi connectivity index (χ1n) is 4.51. The summed E-state index contributed by atoms with van der Waals surface area (Å²) in [5.74, 6) is -0.488. The summed E-state index contributed by atoms with van der Waals surface area (Å²) in [5, 5.41) is 9.36. The number of alkyl halides is 2. The highest BCUT2D eigenvalue weighted by molar-refractivity contribution is 5.78. The average molecular weight is 214 g/mol. The van der Waals surface area contributed by atoms with Gasteiger partial charge in [-0.15, -0.1) is 0 Å². The van der Waals surface area contributed by atoms with Gasteiger partial charge in [-0.05, 0) is 31.0 Å². The molecule has 0 saturated heterocycles. The molecule has 1 N–H and O–H groups in total. The number of hydrogen-bond donors (Lipinski definition) is 1. The fourth-order valence-electron chi connectivity index (χ4n) is 1.44. The summed E-state index contributed by atoms with van der Waals surface area (Å²) in [6.07, 6.45) is -2.61. The van der Waals surface area contributed by atoms with E-state index in [1.165, 1.54) is 19.9 Å². The predicted molar refractivity (Wildman–Crippen MR) is 52.2 cm³/mol. The molecule has 1 rings (SSSR count). The van der Waals surface area contributed by atoms with Gasteiger partial charge in [-0.3, -0.25) is 4.79 Å². The van der Waals surface area contributed by atoms with Gasteiger partial charge in [0, 0.05) is 6.42 Å². The summed E-state index contributed by atoms with van der Waals surface area (Å²) >= 11 is 0. The maximum Gasteiger partial charge on any atom is 0.267 e. The minimum Gasteiger partial charge on any atom is -0.507 e. The lowest BCUT2D eigenvalue weighted by Gasteiger charge is -2.09. The number of rotatable bonds is 3. The number of benzene rings is 1. The molecule has 0 saturated carbocycles. The Labute approximate surface area is 86.5 Å². The minimum absolute atomic E-state index is 0.0969. The van der Waals surface area contributed by atoms with Crippen LogP contribution in [0.3, 0.4) is 0 Å². The molecule has 0 aliphatic heterocycles. The lowest BCUT2D eigenvalue weighted by molar-refractivity contribution is -0.116. The number of phenolic OH excluding ortho intramolecular Hbond substituents is 1. The summed E-state index contributed by atoms with van der Waals surface area (Å²) in [6, 6.07) is 2.72. The third-order valence-electron chi connectivity index (χ3n) is 2.08. The molecule has 0 radical (unpaired) electrons. The molecule has 1 aromatic rings. The highest BCUT2D eigenvalue weighted by Crippen LogP contribution is 2.32. The Balaban J connectivity index is 3.17. The number of halogens is 2. The maximum absolute atomic E-state index is 12.5. The van der Waals surface area contributed by atoms with E-state index in [1.807, 2.05) is 0 Å². The van der Waals surface area contributed by atoms with Crippen molar-refractivity contribution in [2.24, 2.45) is 0 Å². The summed E-state index contributed by atoms with van der Waals surface area (Å²) in [4.78, 5) is 10.8. The number of aromatic hydroxyl groups is 1. The van der Waals surface area contributed by atoms with Gasteiger partial charge in [0.1, 0.15) is 11.5 Å². The van der Waals surface area contributed by atoms with Crippen molar-refractivity contribution < 1.29 is 18.7 Å². The number of carbonyl (C=O) groups excluding carboxylic acids is 1. The molecule has 0 heterocycles. The van der Waals surface area contributed by atoms with Gasteiger partial charge in [0.2, 0.25) is 0 Å². The topological polar surface area (TPSA) is 37.3 Å². The van der Waals surface area contributed by atoms with E-state index in [0.717, 1.165) is 0 Å². The molecule has 0 aliphatic rings. The average Bonchev–Trinajstić information content (AvgIpc) is 2.09. The molecule has 15 heavy (non-hydrogen) atoms. The summed E-state index contributed by atoms with van der Waals surface area (Å²) in [7, 11) is 0. The minimum atomic E-state index is -2.73. The van der Waals surface area contributed by atoms with E-state index in [1.54, 1.807) is 6.07 Å². The standard InChI is InChI=1S/C11H12F2O2/c1-6-3-8(4-7(2)14)5-9(10(6)15)11(12)13/h3,5,11,15H,4H2,1-2H3. The molecule has 82 valence electrons. The number of hydrogen-bond acceptors (Lipinski definition) is 2. The number of Topliss-reactive ketones (excluding diaryl/α,β-unsaturated/α-hetero) is 1. The van der Waals surface area contributed by atoms with E-state index in [2.05, 4.69) is 0 Å². The van der Waals surface area contributed by atoms with Crippen LogP contribution < -0.4 is 0 Å². The van der Waals surface area contributed by atoms with Gasteiger partial charge in [0.15, 0.2) is 0 Å². The van der Waals surface area contributed by atoms with Crippen molar-refractivity contribution in [3.63, 3.8) is 0 Å². The Hall–Kier alpha value is -1.45. The second-order valence-electron chi connectivity index (χ2n) is 3.53. The van der Waals surface area contributed by atoms with Crippen LogP contribution in [0.1, 0.15) is 30.0 Å². The van der Waals surface area contributed by atoms with Crippen molar-refractivity contribution in [1.29, 1.82) is 0 Å². The molecule has 0 unspecified atom stereocenters. The van der Waals surface area contributed by atoms with Crippen molar-refractivity contribution in [2.75, 3.05) is 0 Å². The SMILES string of the molecule is CC(=O)Cc1cc(C)c(O)c(C(F)F)c1. The number of phenols is 1. The normalized spacial score (nSPS) is 10.7. The Kier molecular flexibility index (Phi) is 3.39. The fourth-order valence-corrected chi connectivity index (χ4v) is 1.44. The zero-order valence-electron chi connectivity index (χ0n) is 8.55. The highest BCUT2D eigenvalue weighted by Gasteiger charge is 2.16. The number of ketones is 1. The Morgan fingerprint density at radius 1 is 1.47 bits per heavy atom. The lowest BCUT2D eigenvalue weighted by atomic mass is 10.0. The molecule has 0 amide bonds. The van der Waals surface area contributed by atoms with Gasteiger partial charge in [-0.2, -0.15) is 0 Å². The van der Waals surface area contributed by atoms with Gasteiger partial charge < -0.3 is 5.11 Å². The van der Waals surface area contributed by atoms with E-state index in [9.17, 15) is 18.7 Å². The van der Waals surface area contributed by atoms with Crippen molar-refractivity contribution in [2.45, 2.75) is 26.7 Å². The van der Waals surface area contributed by atoms with Crippen molar-refractivity contribution in [3.05, 3.63) is 28.8 Å². The van der Waals surface area contributed by atoms with Crippen molar-refractivity contribution >= 4 is 5.78 Å². The zero-order valence-corrected chi connectivity index (χ0v) is 8.55. The van der Waals surface area contributed by atoms with Gasteiger partial charge in [-0.1, -0.05) is 6.07 Å². The molecule has 2 nitrogen and oxygen atoms in total. The van der Waals surface area contributed by atoms with Crippen LogP contribution in [0.5, 0.6) is 5.75 Å². The Morgan fingerprint density at radius 2 is 2.07 bits per heavy atom. The second kappa shape index (κ2) is 4.38. The first kappa shape index (κ1) is 11.6. The summed E-state index contributed by atoms with van der Waals surface area (Å²) < 4.78 is 25.0. The van der Waals surface area contributed by atoms with Crippen LogP contribution in [0.25, 0.3) is 0 Å². The Bertz CT molecular complexity index is 386. The van der Waals surface area contributed by atoms with Crippen molar-refractivity contribution in [1.82, 2.24) is 0 Å². The summed E-state index contributed by atoms with van der Waals surface area (Å²) in [5.41, 5.74) is 0.461. The largest absolute Gasteiger partial charge is 0.507 e. The molecule has 1 aromatic carbocycles. The van der Waals surface area contributed by atoms with E-state index in [0.29, 0.717) is 11.1 Å². The molecule has 0 aliphatic carbocycles. The van der Waals surface area contributed by atoms with Crippen LogP contribution in [0, 0.1) is 6.92 Å². The highest BCUT2D eigenvalue weighted by atomic mass is 19.3. The van der Waals surface area contributed by atoms with Crippen LogP contribution in [0.2, 0.25) is 0 Å². The molecule has 0 atom stereocenters. The molecule has 4 heteroatoms. The third-order valence-corrected chi connectivity index (χ3v) is 2.08. The molecule has 0 bridgehead atoms. The van der Waals surface area contributed by atoms with E-state index in [-0.39, 0.29) is 12.2 Å². The fraction of sp³-hybridized carbons (Fsp3) is 0.364. The lowest BCUT2D eigenvalue weighted by Crippen LogP contribution is -1.99. The molecule has 0 aromatic heterocycles. The molecule has 0 spiro atoms. The molecule has 0 fully saturated rings. The molecular weight excluding hydrogens is 202 g/mol. The van der Waals surface area contributed by atoms with Crippen LogP contribution in [-0.4, -0.2) is 10.9 Å². The van der Waals surface area contributed by atoms with Crippen LogP contribution >= 0.6 is 0 Å². The van der Waals surface area contributed by atoms with Gasteiger partial charge >= 0.3 is 0 Å². The zero-order chi connectivity index (χ0) is 11.6. The first-order chi connectivity index (χ1) is 6.91. The van der Waals surface area contributed by atoms with Gasteiger partial charge in [0.25, 0.3) is 6.43 Å². The Morgan fingerprint density at radius 3 is 2.53 bits per heavy atom. The second-order valence-corrected chi connectivity index (χ2v) is 3.53. The summed E-state index contributed by atoms with van der Waals surface area (Å²) in [6.45, 7) is 2.93. The quantitative estimate of drug-likeness (QED) is 0.840.